The molecule has 0 bridgehead atoms. The minimum atomic E-state index is -1.32. The molecule has 1 aliphatic rings. The van der Waals surface area contributed by atoms with Gasteiger partial charge in [-0.3, -0.25) is 9.59 Å². The number of carbonyl (C=O) groups excluding carboxylic acids is 2. The predicted molar refractivity (Wildman–Crippen MR) is 86.9 cm³/mol. The first-order valence-corrected chi connectivity index (χ1v) is 7.66. The van der Waals surface area contributed by atoms with Gasteiger partial charge in [-0.05, 0) is 40.0 Å². The van der Waals surface area contributed by atoms with Crippen LogP contribution in [0.3, 0.4) is 0 Å². The summed E-state index contributed by atoms with van der Waals surface area (Å²) in [5.41, 5.74) is -1.83. The SMILES string of the molecule is C=C[C@@H]1CN(C(=O)O)[C@@H](C)[C@@](NC(C)=O)(C(=O)NC(C)(C)C)C1. The van der Waals surface area contributed by atoms with Gasteiger partial charge in [0.2, 0.25) is 11.8 Å². The van der Waals surface area contributed by atoms with E-state index in [4.69, 9.17) is 0 Å². The van der Waals surface area contributed by atoms with Gasteiger partial charge in [-0.15, -0.1) is 6.58 Å². The second kappa shape index (κ2) is 6.60. The third-order valence-corrected chi connectivity index (χ3v) is 4.07. The van der Waals surface area contributed by atoms with Crippen LogP contribution in [0.15, 0.2) is 12.7 Å². The summed E-state index contributed by atoms with van der Waals surface area (Å²) >= 11 is 0. The number of carbonyl (C=O) groups is 3. The number of nitrogens with zero attached hydrogens (tertiary/aromatic N) is 1. The summed E-state index contributed by atoms with van der Waals surface area (Å²) in [6.07, 6.45) is 0.813. The van der Waals surface area contributed by atoms with E-state index in [9.17, 15) is 19.5 Å². The molecule has 1 saturated heterocycles. The third kappa shape index (κ3) is 4.24. The van der Waals surface area contributed by atoms with Crippen molar-refractivity contribution in [3.63, 3.8) is 0 Å². The zero-order chi connectivity index (χ0) is 18.0. The molecule has 23 heavy (non-hydrogen) atoms. The Morgan fingerprint density at radius 1 is 1.35 bits per heavy atom. The van der Waals surface area contributed by atoms with Crippen molar-refractivity contribution in [1.29, 1.82) is 0 Å². The lowest BCUT2D eigenvalue weighted by Gasteiger charge is -2.49. The molecule has 1 rings (SSSR count). The van der Waals surface area contributed by atoms with Crippen LogP contribution < -0.4 is 10.6 Å². The van der Waals surface area contributed by atoms with Gasteiger partial charge in [0.15, 0.2) is 0 Å². The Balaban J connectivity index is 3.33. The van der Waals surface area contributed by atoms with E-state index in [-0.39, 0.29) is 24.3 Å². The summed E-state index contributed by atoms with van der Waals surface area (Å²) in [5, 5.41) is 15.0. The number of amides is 3. The average Bonchev–Trinajstić information content (AvgIpc) is 2.38. The van der Waals surface area contributed by atoms with Crippen LogP contribution in [-0.2, 0) is 9.59 Å². The van der Waals surface area contributed by atoms with Crippen LogP contribution in [0.5, 0.6) is 0 Å². The van der Waals surface area contributed by atoms with Crippen molar-refractivity contribution in [2.24, 2.45) is 5.92 Å². The van der Waals surface area contributed by atoms with Crippen LogP contribution >= 0.6 is 0 Å². The summed E-state index contributed by atoms with van der Waals surface area (Å²) in [7, 11) is 0. The van der Waals surface area contributed by atoms with Crippen LogP contribution in [0.4, 0.5) is 4.79 Å². The molecule has 0 aromatic rings. The van der Waals surface area contributed by atoms with Gasteiger partial charge in [0.1, 0.15) is 5.54 Å². The van der Waals surface area contributed by atoms with Crippen molar-refractivity contribution in [1.82, 2.24) is 15.5 Å². The lowest BCUT2D eigenvalue weighted by molar-refractivity contribution is -0.139. The molecule has 0 saturated carbocycles. The molecule has 3 amide bonds. The second-order valence-electron chi connectivity index (χ2n) is 7.17. The summed E-state index contributed by atoms with van der Waals surface area (Å²) < 4.78 is 0. The van der Waals surface area contributed by atoms with Gasteiger partial charge in [-0.25, -0.2) is 4.79 Å². The fourth-order valence-electron chi connectivity index (χ4n) is 2.99. The molecule has 0 spiro atoms. The molecule has 0 aromatic carbocycles. The monoisotopic (exact) mass is 325 g/mol. The minimum absolute atomic E-state index is 0.222. The van der Waals surface area contributed by atoms with Crippen molar-refractivity contribution in [2.45, 2.75) is 58.2 Å². The molecule has 0 unspecified atom stereocenters. The number of rotatable bonds is 3. The standard InChI is InChI=1S/C16H27N3O4/c1-7-12-8-16(17-11(3)20,13(21)18-15(4,5)6)10(2)19(9-12)14(22)23/h7,10,12H,1,8-9H2,2-6H3,(H,17,20)(H,18,21)(H,22,23)/t10-,12-,16+/m0/s1. The van der Waals surface area contributed by atoms with E-state index < -0.39 is 23.2 Å². The van der Waals surface area contributed by atoms with E-state index in [2.05, 4.69) is 17.2 Å². The smallest absolute Gasteiger partial charge is 0.407 e. The van der Waals surface area contributed by atoms with Gasteiger partial charge in [-0.1, -0.05) is 6.08 Å². The Morgan fingerprint density at radius 3 is 2.30 bits per heavy atom. The zero-order valence-corrected chi connectivity index (χ0v) is 14.5. The molecule has 0 aliphatic carbocycles. The van der Waals surface area contributed by atoms with E-state index in [1.807, 2.05) is 20.8 Å². The highest BCUT2D eigenvalue weighted by molar-refractivity contribution is 5.93. The molecule has 1 heterocycles. The molecular formula is C16H27N3O4. The number of hydrogen-bond donors (Lipinski definition) is 3. The number of carboxylic acid groups (broad SMARTS) is 1. The fraction of sp³-hybridized carbons (Fsp3) is 0.688. The molecule has 0 aromatic heterocycles. The molecule has 130 valence electrons. The van der Waals surface area contributed by atoms with Crippen LogP contribution in [0.1, 0.15) is 41.0 Å². The molecule has 1 aliphatic heterocycles. The molecule has 7 heteroatoms. The van der Waals surface area contributed by atoms with E-state index in [0.717, 1.165) is 0 Å². The first kappa shape index (κ1) is 19.0. The minimum Gasteiger partial charge on any atom is -0.465 e. The Morgan fingerprint density at radius 2 is 1.91 bits per heavy atom. The first-order chi connectivity index (χ1) is 10.4. The van der Waals surface area contributed by atoms with Gasteiger partial charge in [0, 0.05) is 19.0 Å². The van der Waals surface area contributed by atoms with Crippen molar-refractivity contribution >= 4 is 17.9 Å². The van der Waals surface area contributed by atoms with Crippen molar-refractivity contribution in [2.75, 3.05) is 6.54 Å². The molecule has 0 radical (unpaired) electrons. The number of hydrogen-bond acceptors (Lipinski definition) is 3. The van der Waals surface area contributed by atoms with Crippen LogP contribution in [0, 0.1) is 5.92 Å². The second-order valence-corrected chi connectivity index (χ2v) is 7.17. The maximum Gasteiger partial charge on any atom is 0.407 e. The predicted octanol–water partition coefficient (Wildman–Crippen LogP) is 1.35. The Kier molecular flexibility index (Phi) is 5.45. The Bertz CT molecular complexity index is 512. The number of likely N-dealkylation sites (tertiary alicyclic amines) is 1. The quantitative estimate of drug-likeness (QED) is 0.682. The largest absolute Gasteiger partial charge is 0.465 e. The van der Waals surface area contributed by atoms with Gasteiger partial charge >= 0.3 is 6.09 Å². The van der Waals surface area contributed by atoms with Gasteiger partial charge in [0.05, 0.1) is 6.04 Å². The highest BCUT2D eigenvalue weighted by atomic mass is 16.4. The average molecular weight is 325 g/mol. The summed E-state index contributed by atoms with van der Waals surface area (Å²) in [6.45, 7) is 12.4. The maximum absolute atomic E-state index is 12.9. The number of piperidine rings is 1. The van der Waals surface area contributed by atoms with Gasteiger partial charge < -0.3 is 20.6 Å². The normalized spacial score (nSPS) is 28.0. The molecule has 1 fully saturated rings. The van der Waals surface area contributed by atoms with Crippen LogP contribution in [-0.4, -0.2) is 51.6 Å². The van der Waals surface area contributed by atoms with E-state index >= 15 is 0 Å². The Labute approximate surface area is 137 Å². The summed E-state index contributed by atoms with van der Waals surface area (Å²) in [5.74, 6) is -0.985. The first-order valence-electron chi connectivity index (χ1n) is 7.66. The lowest BCUT2D eigenvalue weighted by atomic mass is 9.75. The highest BCUT2D eigenvalue weighted by Crippen LogP contribution is 2.33. The molecular weight excluding hydrogens is 298 g/mol. The third-order valence-electron chi connectivity index (χ3n) is 4.07. The van der Waals surface area contributed by atoms with E-state index in [1.165, 1.54) is 11.8 Å². The molecule has 7 nitrogen and oxygen atoms in total. The van der Waals surface area contributed by atoms with Crippen molar-refractivity contribution in [3.8, 4) is 0 Å². The summed E-state index contributed by atoms with van der Waals surface area (Å²) in [6, 6.07) is -0.692. The molecule has 3 atom stereocenters. The van der Waals surface area contributed by atoms with Crippen molar-refractivity contribution < 1.29 is 19.5 Å². The van der Waals surface area contributed by atoms with Crippen LogP contribution in [0.25, 0.3) is 0 Å². The number of nitrogens with one attached hydrogen (secondary N) is 2. The summed E-state index contributed by atoms with van der Waals surface area (Å²) in [4.78, 5) is 37.4. The van der Waals surface area contributed by atoms with E-state index in [0.29, 0.717) is 6.42 Å². The van der Waals surface area contributed by atoms with Gasteiger partial charge in [0.25, 0.3) is 0 Å². The maximum atomic E-state index is 12.9. The van der Waals surface area contributed by atoms with E-state index in [1.54, 1.807) is 13.0 Å². The fourth-order valence-corrected chi connectivity index (χ4v) is 2.99. The highest BCUT2D eigenvalue weighted by Gasteiger charge is 2.53. The van der Waals surface area contributed by atoms with Gasteiger partial charge in [-0.2, -0.15) is 0 Å². The molecule has 3 N–H and O–H groups in total. The van der Waals surface area contributed by atoms with Crippen LogP contribution in [0.2, 0.25) is 0 Å². The lowest BCUT2D eigenvalue weighted by Crippen LogP contribution is -2.73. The zero-order valence-electron chi connectivity index (χ0n) is 14.5. The topological polar surface area (TPSA) is 98.7 Å². The Hall–Kier alpha value is -2.05. The van der Waals surface area contributed by atoms with Crippen molar-refractivity contribution in [3.05, 3.63) is 12.7 Å².